The van der Waals surface area contributed by atoms with Crippen molar-refractivity contribution in [2.75, 3.05) is 19.6 Å². The lowest BCUT2D eigenvalue weighted by Crippen LogP contribution is -2.37. The number of hydrogen-bond acceptors (Lipinski definition) is 5. The first-order valence-electron chi connectivity index (χ1n) is 18.3. The summed E-state index contributed by atoms with van der Waals surface area (Å²) in [6.45, 7) is 11.6. The minimum Gasteiger partial charge on any atom is -0.481 e. The zero-order chi connectivity index (χ0) is 33.3. The predicted molar refractivity (Wildman–Crippen MR) is 187 cm³/mol. The number of allylic oxidation sites excluding steroid dienone is 1. The van der Waals surface area contributed by atoms with Gasteiger partial charge in [0, 0.05) is 36.1 Å². The van der Waals surface area contributed by atoms with Crippen molar-refractivity contribution in [3.05, 3.63) is 69.5 Å². The van der Waals surface area contributed by atoms with Crippen LogP contribution in [-0.4, -0.2) is 52.2 Å². The van der Waals surface area contributed by atoms with Crippen LogP contribution in [0.3, 0.4) is 0 Å². The van der Waals surface area contributed by atoms with Gasteiger partial charge < -0.3 is 10.0 Å². The van der Waals surface area contributed by atoms with E-state index in [1.54, 1.807) is 0 Å². The van der Waals surface area contributed by atoms with Gasteiger partial charge in [0.15, 0.2) is 11.6 Å². The number of carbonyl (C=O) groups is 3. The number of aromatic nitrogens is 1. The molecule has 1 saturated heterocycles. The molecule has 6 rings (SSSR count). The lowest BCUT2D eigenvalue weighted by Gasteiger charge is -2.34. The number of fused-ring (bicyclic) bond motifs is 2. The van der Waals surface area contributed by atoms with Crippen molar-refractivity contribution in [3.63, 3.8) is 0 Å². The number of Topliss-reactive ketones (excluding diaryl/α,β-unsaturated/α-hetero) is 2. The molecule has 6 nitrogen and oxygen atoms in total. The molecule has 0 amide bonds. The molecule has 1 saturated carbocycles. The molecule has 1 aromatic carbocycles. The summed E-state index contributed by atoms with van der Waals surface area (Å²) in [5.41, 5.74) is 7.63. The third kappa shape index (κ3) is 8.13. The van der Waals surface area contributed by atoms with E-state index in [-0.39, 0.29) is 28.8 Å². The van der Waals surface area contributed by atoms with Gasteiger partial charge in [-0.15, -0.1) is 0 Å². The standard InChI is InChI=1S/C41H54N2O4/c1-26-8-9-27(18-26)19-38(44)31-7-5-6-29(20-31)30(14-17-43-15-12-28(13-16-43)40(46)47)25-39(45)34-22-32-21-33-23-35(41(2,3)4)10-11-36(33)42-37(32)24-34/h5-7,20-22,26-28,30,35H,8-19,23-25H2,1-4H3,(H,46,47)/t26?,27?,30-,35-/m0/s1. The number of pyridine rings is 1. The van der Waals surface area contributed by atoms with Gasteiger partial charge in [-0.05, 0) is 135 Å². The van der Waals surface area contributed by atoms with Gasteiger partial charge in [-0.25, -0.2) is 0 Å². The van der Waals surface area contributed by atoms with Crippen molar-refractivity contribution in [1.29, 1.82) is 0 Å². The van der Waals surface area contributed by atoms with E-state index in [2.05, 4.69) is 50.8 Å². The molecule has 0 spiro atoms. The summed E-state index contributed by atoms with van der Waals surface area (Å²) in [4.78, 5) is 46.3. The van der Waals surface area contributed by atoms with E-state index in [1.807, 2.05) is 18.2 Å². The largest absolute Gasteiger partial charge is 0.481 e. The van der Waals surface area contributed by atoms with Crippen molar-refractivity contribution < 1.29 is 19.5 Å². The second-order valence-electron chi connectivity index (χ2n) is 16.4. The molecule has 0 radical (unpaired) electrons. The van der Waals surface area contributed by atoms with Crippen molar-refractivity contribution in [1.82, 2.24) is 9.88 Å². The second kappa shape index (κ2) is 14.2. The van der Waals surface area contributed by atoms with Crippen molar-refractivity contribution in [2.45, 2.75) is 111 Å². The zero-order valence-electron chi connectivity index (χ0n) is 29.0. The highest BCUT2D eigenvalue weighted by molar-refractivity contribution is 6.02. The number of carboxylic acids is 1. The number of likely N-dealkylation sites (tertiary alicyclic amines) is 1. The number of piperidine rings is 1. The minimum absolute atomic E-state index is 0.0164. The number of nitrogens with zero attached hydrogens (tertiary/aromatic N) is 2. The highest BCUT2D eigenvalue weighted by Gasteiger charge is 2.32. The average molecular weight is 639 g/mol. The number of rotatable bonds is 11. The van der Waals surface area contributed by atoms with Crippen LogP contribution in [0.5, 0.6) is 0 Å². The maximum absolute atomic E-state index is 14.0. The molecule has 2 aromatic rings. The van der Waals surface area contributed by atoms with Crippen LogP contribution in [0.4, 0.5) is 0 Å². The Morgan fingerprint density at radius 2 is 1.79 bits per heavy atom. The molecule has 4 atom stereocenters. The van der Waals surface area contributed by atoms with Gasteiger partial charge in [-0.1, -0.05) is 52.3 Å². The number of hydrogen-bond donors (Lipinski definition) is 1. The quantitative estimate of drug-likeness (QED) is 0.250. The first-order valence-corrected chi connectivity index (χ1v) is 18.3. The highest BCUT2D eigenvalue weighted by atomic mass is 16.4. The Morgan fingerprint density at radius 1 is 1.00 bits per heavy atom. The molecule has 1 aromatic heterocycles. The highest BCUT2D eigenvalue weighted by Crippen LogP contribution is 2.39. The number of carboxylic acid groups (broad SMARTS) is 1. The summed E-state index contributed by atoms with van der Waals surface area (Å²) >= 11 is 0. The fourth-order valence-corrected chi connectivity index (χ4v) is 8.67. The zero-order valence-corrected chi connectivity index (χ0v) is 29.0. The summed E-state index contributed by atoms with van der Waals surface area (Å²) in [7, 11) is 0. The molecular formula is C41H54N2O4. The Hall–Kier alpha value is -3.12. The summed E-state index contributed by atoms with van der Waals surface area (Å²) in [6.07, 6.45) is 12.5. The Bertz CT molecular complexity index is 1530. The molecule has 47 heavy (non-hydrogen) atoms. The van der Waals surface area contributed by atoms with Crippen LogP contribution < -0.4 is 0 Å². The smallest absolute Gasteiger partial charge is 0.306 e. The van der Waals surface area contributed by atoms with Crippen LogP contribution in [0.1, 0.15) is 130 Å². The third-order valence-corrected chi connectivity index (χ3v) is 11.9. The number of aryl methyl sites for hydroxylation is 1. The van der Waals surface area contributed by atoms with Gasteiger partial charge in [-0.3, -0.25) is 19.4 Å². The molecule has 2 unspecified atom stereocenters. The van der Waals surface area contributed by atoms with Crippen LogP contribution in [0, 0.1) is 29.1 Å². The van der Waals surface area contributed by atoms with E-state index in [1.165, 1.54) is 24.1 Å². The number of ketones is 2. The van der Waals surface area contributed by atoms with Crippen molar-refractivity contribution >= 4 is 23.6 Å². The van der Waals surface area contributed by atoms with Gasteiger partial charge in [-0.2, -0.15) is 0 Å². The fraction of sp³-hybridized carbons (Fsp3) is 0.610. The van der Waals surface area contributed by atoms with E-state index >= 15 is 0 Å². The van der Waals surface area contributed by atoms with Crippen LogP contribution in [0.2, 0.25) is 0 Å². The Labute approximate surface area is 281 Å². The first-order chi connectivity index (χ1) is 22.4. The number of aliphatic carboxylic acids is 1. The fourth-order valence-electron chi connectivity index (χ4n) is 8.67. The van der Waals surface area contributed by atoms with Gasteiger partial charge in [0.1, 0.15) is 0 Å². The Balaban J connectivity index is 1.17. The lowest BCUT2D eigenvalue weighted by atomic mass is 9.71. The summed E-state index contributed by atoms with van der Waals surface area (Å²) in [5.74, 6) is 1.22. The van der Waals surface area contributed by atoms with Gasteiger partial charge in [0.25, 0.3) is 0 Å². The van der Waals surface area contributed by atoms with E-state index in [0.29, 0.717) is 49.9 Å². The molecule has 6 heteroatoms. The Morgan fingerprint density at radius 3 is 2.49 bits per heavy atom. The first kappa shape index (κ1) is 33.8. The number of benzene rings is 1. The molecule has 3 aliphatic carbocycles. The SMILES string of the molecule is CC1CCC(CC(=O)c2cccc([C@@H](CCN3CCC(C(=O)O)CC3)CC(=O)C3=Cc4cc5c(nc4C3)CC[C@H](C(C)(C)C)C5)c2)C1. The van der Waals surface area contributed by atoms with Crippen LogP contribution in [0.25, 0.3) is 6.08 Å². The van der Waals surface area contributed by atoms with E-state index in [9.17, 15) is 19.5 Å². The average Bonchev–Trinajstić information content (AvgIpc) is 3.66. The molecule has 1 N–H and O–H groups in total. The molecule has 2 heterocycles. The minimum atomic E-state index is -0.697. The molecular weight excluding hydrogens is 584 g/mol. The van der Waals surface area contributed by atoms with Crippen LogP contribution in [0.15, 0.2) is 35.9 Å². The van der Waals surface area contributed by atoms with Gasteiger partial charge >= 0.3 is 5.97 Å². The maximum Gasteiger partial charge on any atom is 0.306 e. The molecule has 1 aliphatic heterocycles. The van der Waals surface area contributed by atoms with E-state index in [0.717, 1.165) is 79.7 Å². The van der Waals surface area contributed by atoms with Crippen LogP contribution in [-0.2, 0) is 28.9 Å². The van der Waals surface area contributed by atoms with Crippen LogP contribution >= 0.6 is 0 Å². The third-order valence-electron chi connectivity index (χ3n) is 11.9. The lowest BCUT2D eigenvalue weighted by molar-refractivity contribution is -0.143. The van der Waals surface area contributed by atoms with E-state index in [4.69, 9.17) is 4.98 Å². The summed E-state index contributed by atoms with van der Waals surface area (Å²) < 4.78 is 0. The predicted octanol–water partition coefficient (Wildman–Crippen LogP) is 8.11. The van der Waals surface area contributed by atoms with Crippen molar-refractivity contribution in [2.24, 2.45) is 29.1 Å². The molecule has 2 fully saturated rings. The summed E-state index contributed by atoms with van der Waals surface area (Å²) in [5, 5.41) is 9.44. The Kier molecular flexibility index (Phi) is 10.2. The van der Waals surface area contributed by atoms with Gasteiger partial charge in [0.2, 0.25) is 0 Å². The number of carbonyl (C=O) groups excluding carboxylic acids is 2. The van der Waals surface area contributed by atoms with Gasteiger partial charge in [0.05, 0.1) is 11.6 Å². The maximum atomic E-state index is 14.0. The van der Waals surface area contributed by atoms with E-state index < -0.39 is 5.97 Å². The molecule has 4 aliphatic rings. The summed E-state index contributed by atoms with van der Waals surface area (Å²) in [6, 6.07) is 10.4. The second-order valence-corrected chi connectivity index (χ2v) is 16.4. The normalized spacial score (nSPS) is 24.0. The topological polar surface area (TPSA) is 87.6 Å². The molecule has 252 valence electrons. The van der Waals surface area contributed by atoms with Crippen molar-refractivity contribution in [3.8, 4) is 0 Å². The monoisotopic (exact) mass is 638 g/mol. The molecule has 0 bridgehead atoms.